The second kappa shape index (κ2) is 6.02. The summed E-state index contributed by atoms with van der Waals surface area (Å²) in [5.41, 5.74) is 2.42. The summed E-state index contributed by atoms with van der Waals surface area (Å²) >= 11 is 0. The standard InChI is InChI=1S/C15H16N2O2/c1-16-10-15(19)17-12-8-6-11(7-9-12)13-4-2-3-5-14(13)18/h2-9,16,18H,10H2,1H3,(H,17,19). The van der Waals surface area contributed by atoms with Gasteiger partial charge in [0.2, 0.25) is 5.91 Å². The Bertz CT molecular complexity index is 565. The van der Waals surface area contributed by atoms with Gasteiger partial charge in [0, 0.05) is 11.3 Å². The maximum Gasteiger partial charge on any atom is 0.238 e. The lowest BCUT2D eigenvalue weighted by atomic mass is 10.0. The number of likely N-dealkylation sites (N-methyl/N-ethyl adjacent to an activating group) is 1. The van der Waals surface area contributed by atoms with E-state index >= 15 is 0 Å². The molecule has 4 nitrogen and oxygen atoms in total. The van der Waals surface area contributed by atoms with Crippen molar-refractivity contribution in [2.75, 3.05) is 18.9 Å². The van der Waals surface area contributed by atoms with Crippen LogP contribution in [0.1, 0.15) is 0 Å². The van der Waals surface area contributed by atoms with E-state index in [2.05, 4.69) is 10.6 Å². The van der Waals surface area contributed by atoms with Crippen LogP contribution in [0.15, 0.2) is 48.5 Å². The van der Waals surface area contributed by atoms with E-state index in [0.717, 1.165) is 16.8 Å². The minimum Gasteiger partial charge on any atom is -0.507 e. The number of para-hydroxylation sites is 1. The van der Waals surface area contributed by atoms with E-state index in [0.29, 0.717) is 0 Å². The third-order valence-electron chi connectivity index (χ3n) is 2.72. The van der Waals surface area contributed by atoms with Crippen molar-refractivity contribution in [3.63, 3.8) is 0 Å². The first-order chi connectivity index (χ1) is 9.20. The molecule has 2 rings (SSSR count). The van der Waals surface area contributed by atoms with E-state index in [1.54, 1.807) is 19.2 Å². The van der Waals surface area contributed by atoms with Crippen LogP contribution in [0.5, 0.6) is 5.75 Å². The van der Waals surface area contributed by atoms with Gasteiger partial charge in [-0.05, 0) is 30.8 Å². The zero-order valence-electron chi connectivity index (χ0n) is 10.7. The van der Waals surface area contributed by atoms with Crippen LogP contribution < -0.4 is 10.6 Å². The van der Waals surface area contributed by atoms with Crippen molar-refractivity contribution in [3.05, 3.63) is 48.5 Å². The minimum atomic E-state index is -0.0854. The van der Waals surface area contributed by atoms with Crippen molar-refractivity contribution in [1.82, 2.24) is 5.32 Å². The number of phenols is 1. The molecular formula is C15H16N2O2. The average Bonchev–Trinajstić information content (AvgIpc) is 2.41. The van der Waals surface area contributed by atoms with Crippen LogP contribution in [0.25, 0.3) is 11.1 Å². The zero-order chi connectivity index (χ0) is 13.7. The highest BCUT2D eigenvalue weighted by Gasteiger charge is 2.04. The van der Waals surface area contributed by atoms with Gasteiger partial charge < -0.3 is 15.7 Å². The third-order valence-corrected chi connectivity index (χ3v) is 2.72. The summed E-state index contributed by atoms with van der Waals surface area (Å²) in [5, 5.41) is 15.3. The number of amides is 1. The van der Waals surface area contributed by atoms with Gasteiger partial charge in [0.1, 0.15) is 5.75 Å². The third kappa shape index (κ3) is 3.33. The smallest absolute Gasteiger partial charge is 0.238 e. The summed E-state index contributed by atoms with van der Waals surface area (Å²) < 4.78 is 0. The van der Waals surface area contributed by atoms with Crippen molar-refractivity contribution in [3.8, 4) is 16.9 Å². The van der Waals surface area contributed by atoms with E-state index in [1.807, 2.05) is 36.4 Å². The number of nitrogens with one attached hydrogen (secondary N) is 2. The molecule has 0 aliphatic rings. The predicted molar refractivity (Wildman–Crippen MR) is 76.1 cm³/mol. The Morgan fingerprint density at radius 2 is 1.79 bits per heavy atom. The number of benzene rings is 2. The number of phenolic OH excluding ortho intramolecular Hbond substituents is 1. The fourth-order valence-electron chi connectivity index (χ4n) is 1.82. The largest absolute Gasteiger partial charge is 0.507 e. The summed E-state index contributed by atoms with van der Waals surface area (Å²) in [6, 6.07) is 14.5. The summed E-state index contributed by atoms with van der Waals surface area (Å²) in [6.45, 7) is 0.279. The molecular weight excluding hydrogens is 240 g/mol. The van der Waals surface area contributed by atoms with Gasteiger partial charge in [-0.1, -0.05) is 30.3 Å². The van der Waals surface area contributed by atoms with E-state index in [1.165, 1.54) is 0 Å². The Hall–Kier alpha value is -2.33. The van der Waals surface area contributed by atoms with E-state index in [9.17, 15) is 9.90 Å². The lowest BCUT2D eigenvalue weighted by molar-refractivity contribution is -0.115. The lowest BCUT2D eigenvalue weighted by Gasteiger charge is -2.07. The number of carbonyl (C=O) groups excluding carboxylic acids is 1. The number of aromatic hydroxyl groups is 1. The molecule has 0 saturated carbocycles. The van der Waals surface area contributed by atoms with Gasteiger partial charge in [-0.2, -0.15) is 0 Å². The number of carbonyl (C=O) groups is 1. The van der Waals surface area contributed by atoms with Crippen molar-refractivity contribution in [1.29, 1.82) is 0 Å². The number of anilines is 1. The zero-order valence-corrected chi connectivity index (χ0v) is 10.7. The normalized spacial score (nSPS) is 10.2. The maximum atomic E-state index is 11.4. The van der Waals surface area contributed by atoms with Crippen molar-refractivity contribution < 1.29 is 9.90 Å². The van der Waals surface area contributed by atoms with Gasteiger partial charge in [0.15, 0.2) is 0 Å². The van der Waals surface area contributed by atoms with Gasteiger partial charge in [0.05, 0.1) is 6.54 Å². The summed E-state index contributed by atoms with van der Waals surface area (Å²) in [7, 11) is 1.72. The van der Waals surface area contributed by atoms with Gasteiger partial charge in [-0.15, -0.1) is 0 Å². The van der Waals surface area contributed by atoms with Crippen LogP contribution in [-0.2, 0) is 4.79 Å². The second-order valence-corrected chi connectivity index (χ2v) is 4.17. The summed E-state index contributed by atoms with van der Waals surface area (Å²) in [6.07, 6.45) is 0. The molecule has 0 saturated heterocycles. The molecule has 0 heterocycles. The van der Waals surface area contributed by atoms with E-state index in [4.69, 9.17) is 0 Å². The molecule has 0 fully saturated rings. The van der Waals surface area contributed by atoms with Crippen molar-refractivity contribution in [2.45, 2.75) is 0 Å². The van der Waals surface area contributed by atoms with E-state index in [-0.39, 0.29) is 18.2 Å². The average molecular weight is 256 g/mol. The van der Waals surface area contributed by atoms with Crippen molar-refractivity contribution in [2.24, 2.45) is 0 Å². The Morgan fingerprint density at radius 1 is 1.11 bits per heavy atom. The van der Waals surface area contributed by atoms with Crippen LogP contribution in [0.3, 0.4) is 0 Å². The molecule has 0 aliphatic heterocycles. The molecule has 0 aliphatic carbocycles. The molecule has 0 spiro atoms. The molecule has 2 aromatic rings. The SMILES string of the molecule is CNCC(=O)Nc1ccc(-c2ccccc2O)cc1. The fraction of sp³-hybridized carbons (Fsp3) is 0.133. The van der Waals surface area contributed by atoms with Crippen LogP contribution in [-0.4, -0.2) is 24.6 Å². The number of hydrogen-bond acceptors (Lipinski definition) is 3. The molecule has 0 atom stereocenters. The molecule has 0 bridgehead atoms. The Labute approximate surface area is 112 Å². The number of rotatable bonds is 4. The van der Waals surface area contributed by atoms with Crippen LogP contribution >= 0.6 is 0 Å². The quantitative estimate of drug-likeness (QED) is 0.786. The van der Waals surface area contributed by atoms with E-state index < -0.39 is 0 Å². The predicted octanol–water partition coefficient (Wildman–Crippen LogP) is 2.22. The van der Waals surface area contributed by atoms with Gasteiger partial charge in [-0.25, -0.2) is 0 Å². The van der Waals surface area contributed by atoms with Crippen LogP contribution in [0.4, 0.5) is 5.69 Å². The first-order valence-electron chi connectivity index (χ1n) is 6.03. The first kappa shape index (κ1) is 13.1. The Kier molecular flexibility index (Phi) is 4.15. The number of hydrogen-bond donors (Lipinski definition) is 3. The fourth-order valence-corrected chi connectivity index (χ4v) is 1.82. The molecule has 3 N–H and O–H groups in total. The molecule has 0 radical (unpaired) electrons. The van der Waals surface area contributed by atoms with Gasteiger partial charge >= 0.3 is 0 Å². The van der Waals surface area contributed by atoms with Crippen LogP contribution in [0, 0.1) is 0 Å². The molecule has 98 valence electrons. The van der Waals surface area contributed by atoms with Gasteiger partial charge in [0.25, 0.3) is 0 Å². The van der Waals surface area contributed by atoms with Crippen LogP contribution in [0.2, 0.25) is 0 Å². The molecule has 19 heavy (non-hydrogen) atoms. The molecule has 1 amide bonds. The summed E-state index contributed by atoms with van der Waals surface area (Å²) in [5.74, 6) is 0.160. The van der Waals surface area contributed by atoms with Crippen molar-refractivity contribution >= 4 is 11.6 Å². The highest BCUT2D eigenvalue weighted by molar-refractivity contribution is 5.92. The minimum absolute atomic E-state index is 0.0854. The molecule has 4 heteroatoms. The summed E-state index contributed by atoms with van der Waals surface area (Å²) in [4.78, 5) is 11.4. The maximum absolute atomic E-state index is 11.4. The first-order valence-corrected chi connectivity index (χ1v) is 6.03. The molecule has 0 aromatic heterocycles. The van der Waals surface area contributed by atoms with Gasteiger partial charge in [-0.3, -0.25) is 4.79 Å². The second-order valence-electron chi connectivity index (χ2n) is 4.17. The lowest BCUT2D eigenvalue weighted by Crippen LogP contribution is -2.24. The highest BCUT2D eigenvalue weighted by Crippen LogP contribution is 2.29. The molecule has 2 aromatic carbocycles. The highest BCUT2D eigenvalue weighted by atomic mass is 16.3. The molecule has 0 unspecified atom stereocenters. The Balaban J connectivity index is 2.15. The topological polar surface area (TPSA) is 61.4 Å². The monoisotopic (exact) mass is 256 g/mol. The Morgan fingerprint density at radius 3 is 2.42 bits per heavy atom.